The van der Waals surface area contributed by atoms with Gasteiger partial charge in [-0.2, -0.15) is 0 Å². The van der Waals surface area contributed by atoms with Crippen LogP contribution in [0.5, 0.6) is 0 Å². The Morgan fingerprint density at radius 1 is 1.12 bits per heavy atom. The zero-order chi connectivity index (χ0) is 16.2. The number of benzene rings is 1. The second kappa shape index (κ2) is 8.44. The van der Waals surface area contributed by atoms with Crippen molar-refractivity contribution in [2.24, 2.45) is 0 Å². The molecule has 2 amide bonds. The molecule has 132 valence electrons. The SMILES string of the molecule is Cl.O=C(Cc1ccccc1F)N1CCN(C(=O)C2CCCN2)CC1. The number of nitrogens with zero attached hydrogens (tertiary/aromatic N) is 2. The standard InChI is InChI=1S/C17H22FN3O2.ClH/c18-14-5-2-1-4-13(14)12-16(22)20-8-10-21(11-9-20)17(23)15-6-3-7-19-15;/h1-2,4-5,15,19H,3,6-12H2;1H. The molecule has 0 aliphatic carbocycles. The van der Waals surface area contributed by atoms with Crippen LogP contribution in [0.25, 0.3) is 0 Å². The minimum atomic E-state index is -0.345. The van der Waals surface area contributed by atoms with Gasteiger partial charge >= 0.3 is 0 Å². The maximum atomic E-state index is 13.6. The molecule has 0 spiro atoms. The zero-order valence-electron chi connectivity index (χ0n) is 13.5. The maximum Gasteiger partial charge on any atom is 0.239 e. The van der Waals surface area contributed by atoms with Gasteiger partial charge in [0.25, 0.3) is 0 Å². The molecule has 2 fully saturated rings. The minimum absolute atomic E-state index is 0. The minimum Gasteiger partial charge on any atom is -0.339 e. The summed E-state index contributed by atoms with van der Waals surface area (Å²) in [6, 6.07) is 6.30. The van der Waals surface area contributed by atoms with E-state index in [1.165, 1.54) is 6.07 Å². The van der Waals surface area contributed by atoms with Crippen LogP contribution in [0, 0.1) is 5.82 Å². The molecule has 7 heteroatoms. The van der Waals surface area contributed by atoms with Crippen molar-refractivity contribution >= 4 is 24.2 Å². The first-order valence-corrected chi connectivity index (χ1v) is 8.18. The van der Waals surface area contributed by atoms with Gasteiger partial charge in [-0.15, -0.1) is 12.4 Å². The van der Waals surface area contributed by atoms with E-state index >= 15 is 0 Å². The monoisotopic (exact) mass is 355 g/mol. The molecule has 0 saturated carbocycles. The Balaban J connectivity index is 0.00000208. The topological polar surface area (TPSA) is 52.7 Å². The van der Waals surface area contributed by atoms with Gasteiger partial charge < -0.3 is 15.1 Å². The molecule has 0 aromatic heterocycles. The Morgan fingerprint density at radius 3 is 2.42 bits per heavy atom. The summed E-state index contributed by atoms with van der Waals surface area (Å²) in [4.78, 5) is 28.2. The van der Waals surface area contributed by atoms with Crippen LogP contribution in [0.1, 0.15) is 18.4 Å². The number of hydrogen-bond acceptors (Lipinski definition) is 3. The third-order valence-corrected chi connectivity index (χ3v) is 4.60. The molecule has 2 aliphatic rings. The van der Waals surface area contributed by atoms with Gasteiger partial charge in [-0.1, -0.05) is 18.2 Å². The Labute approximate surface area is 147 Å². The lowest BCUT2D eigenvalue weighted by molar-refractivity contribution is -0.140. The first-order chi connectivity index (χ1) is 11.1. The summed E-state index contributed by atoms with van der Waals surface area (Å²) in [6.45, 7) is 3.05. The van der Waals surface area contributed by atoms with E-state index in [4.69, 9.17) is 0 Å². The number of amides is 2. The fourth-order valence-electron chi connectivity index (χ4n) is 3.21. The molecule has 1 unspecified atom stereocenters. The fourth-order valence-corrected chi connectivity index (χ4v) is 3.21. The molecule has 0 radical (unpaired) electrons. The largest absolute Gasteiger partial charge is 0.339 e. The van der Waals surface area contributed by atoms with Crippen molar-refractivity contribution < 1.29 is 14.0 Å². The van der Waals surface area contributed by atoms with E-state index in [0.29, 0.717) is 31.7 Å². The molecule has 2 saturated heterocycles. The molecule has 1 aromatic carbocycles. The highest BCUT2D eigenvalue weighted by Crippen LogP contribution is 2.13. The van der Waals surface area contributed by atoms with Crippen molar-refractivity contribution in [1.29, 1.82) is 0 Å². The van der Waals surface area contributed by atoms with E-state index in [1.807, 2.05) is 4.90 Å². The fraction of sp³-hybridized carbons (Fsp3) is 0.529. The molecular weight excluding hydrogens is 333 g/mol. The normalized spacial score (nSPS) is 20.6. The van der Waals surface area contributed by atoms with Crippen LogP contribution in [0.4, 0.5) is 4.39 Å². The summed E-state index contributed by atoms with van der Waals surface area (Å²) >= 11 is 0. The Bertz CT molecular complexity index is 585. The third kappa shape index (κ3) is 4.24. The van der Waals surface area contributed by atoms with E-state index < -0.39 is 0 Å². The van der Waals surface area contributed by atoms with Gasteiger partial charge in [0.05, 0.1) is 12.5 Å². The van der Waals surface area contributed by atoms with E-state index in [2.05, 4.69) is 5.32 Å². The van der Waals surface area contributed by atoms with Crippen LogP contribution in [-0.2, 0) is 16.0 Å². The smallest absolute Gasteiger partial charge is 0.239 e. The number of carbonyl (C=O) groups is 2. The van der Waals surface area contributed by atoms with E-state index in [9.17, 15) is 14.0 Å². The Hall–Kier alpha value is -1.66. The summed E-state index contributed by atoms with van der Waals surface area (Å²) in [5.41, 5.74) is 0.422. The molecule has 0 bridgehead atoms. The molecular formula is C17H23ClFN3O2. The van der Waals surface area contributed by atoms with Gasteiger partial charge in [0.2, 0.25) is 11.8 Å². The number of hydrogen-bond donors (Lipinski definition) is 1. The number of rotatable bonds is 3. The van der Waals surface area contributed by atoms with Crippen LogP contribution in [0.3, 0.4) is 0 Å². The Morgan fingerprint density at radius 2 is 1.79 bits per heavy atom. The lowest BCUT2D eigenvalue weighted by Gasteiger charge is -2.36. The molecule has 1 N–H and O–H groups in total. The molecule has 5 nitrogen and oxygen atoms in total. The molecule has 1 aromatic rings. The van der Waals surface area contributed by atoms with Crippen molar-refractivity contribution in [3.8, 4) is 0 Å². The summed E-state index contributed by atoms with van der Waals surface area (Å²) < 4.78 is 13.6. The van der Waals surface area contributed by atoms with Crippen molar-refractivity contribution in [2.75, 3.05) is 32.7 Å². The number of piperazine rings is 1. The second-order valence-corrected chi connectivity index (χ2v) is 6.12. The molecule has 2 aliphatic heterocycles. The van der Waals surface area contributed by atoms with Crippen molar-refractivity contribution in [1.82, 2.24) is 15.1 Å². The van der Waals surface area contributed by atoms with Gasteiger partial charge in [-0.3, -0.25) is 9.59 Å². The van der Waals surface area contributed by atoms with Crippen LogP contribution in [-0.4, -0.2) is 60.4 Å². The summed E-state index contributed by atoms with van der Waals surface area (Å²) in [6.07, 6.45) is 2.01. The average Bonchev–Trinajstić information content (AvgIpc) is 3.11. The lowest BCUT2D eigenvalue weighted by Crippen LogP contribution is -2.54. The van der Waals surface area contributed by atoms with Crippen LogP contribution in [0.2, 0.25) is 0 Å². The van der Waals surface area contributed by atoms with E-state index in [-0.39, 0.29) is 42.5 Å². The van der Waals surface area contributed by atoms with Crippen LogP contribution >= 0.6 is 12.4 Å². The second-order valence-electron chi connectivity index (χ2n) is 6.12. The Kier molecular flexibility index (Phi) is 6.57. The summed E-state index contributed by atoms with van der Waals surface area (Å²) in [5, 5.41) is 3.21. The predicted octanol–water partition coefficient (Wildman–Crippen LogP) is 1.21. The third-order valence-electron chi connectivity index (χ3n) is 4.60. The van der Waals surface area contributed by atoms with Gasteiger partial charge in [-0.25, -0.2) is 4.39 Å². The number of halogens is 2. The zero-order valence-corrected chi connectivity index (χ0v) is 14.4. The highest BCUT2D eigenvalue weighted by Gasteiger charge is 2.30. The maximum absolute atomic E-state index is 13.6. The van der Waals surface area contributed by atoms with Gasteiger partial charge in [0, 0.05) is 26.2 Å². The molecule has 24 heavy (non-hydrogen) atoms. The molecule has 1 atom stereocenters. The lowest BCUT2D eigenvalue weighted by atomic mass is 10.1. The number of carbonyl (C=O) groups excluding carboxylic acids is 2. The highest BCUT2D eigenvalue weighted by atomic mass is 35.5. The average molecular weight is 356 g/mol. The number of nitrogens with one attached hydrogen (secondary N) is 1. The highest BCUT2D eigenvalue weighted by molar-refractivity contribution is 5.85. The van der Waals surface area contributed by atoms with Crippen LogP contribution in [0.15, 0.2) is 24.3 Å². The summed E-state index contributed by atoms with van der Waals surface area (Å²) in [5.74, 6) is -0.285. The molecule has 2 heterocycles. The van der Waals surface area contributed by atoms with Gasteiger partial charge in [0.15, 0.2) is 0 Å². The van der Waals surface area contributed by atoms with E-state index in [0.717, 1.165) is 19.4 Å². The van der Waals surface area contributed by atoms with Crippen LogP contribution < -0.4 is 5.32 Å². The van der Waals surface area contributed by atoms with Gasteiger partial charge in [0.1, 0.15) is 5.82 Å². The summed E-state index contributed by atoms with van der Waals surface area (Å²) in [7, 11) is 0. The first kappa shape index (κ1) is 18.7. The predicted molar refractivity (Wildman–Crippen MR) is 91.5 cm³/mol. The van der Waals surface area contributed by atoms with Gasteiger partial charge in [-0.05, 0) is 31.0 Å². The van der Waals surface area contributed by atoms with Crippen molar-refractivity contribution in [2.45, 2.75) is 25.3 Å². The first-order valence-electron chi connectivity index (χ1n) is 8.18. The quantitative estimate of drug-likeness (QED) is 0.886. The van der Waals surface area contributed by atoms with E-state index in [1.54, 1.807) is 23.1 Å². The van der Waals surface area contributed by atoms with Crippen molar-refractivity contribution in [3.63, 3.8) is 0 Å². The molecule has 3 rings (SSSR count). The van der Waals surface area contributed by atoms with Crippen molar-refractivity contribution in [3.05, 3.63) is 35.6 Å².